The number of rotatable bonds is 2. The van der Waals surface area contributed by atoms with E-state index in [9.17, 15) is 9.59 Å². The zero-order chi connectivity index (χ0) is 29.8. The van der Waals surface area contributed by atoms with Gasteiger partial charge in [0.2, 0.25) is 0 Å². The van der Waals surface area contributed by atoms with Crippen LogP contribution in [0.5, 0.6) is 0 Å². The van der Waals surface area contributed by atoms with Gasteiger partial charge in [-0.3, -0.25) is 19.0 Å². The number of aryl methyl sites for hydroxylation is 1. The first-order chi connectivity index (χ1) is 19.3. The fraction of sp³-hybridized carbons (Fsp3) is 0.440. The van der Waals surface area contributed by atoms with E-state index in [0.717, 1.165) is 32.5 Å². The lowest BCUT2D eigenvalue weighted by atomic mass is 10.4. The summed E-state index contributed by atoms with van der Waals surface area (Å²) in [7, 11) is 1.92. The number of fused-ring (bicyclic) bond motifs is 2. The van der Waals surface area contributed by atoms with Gasteiger partial charge in [0.15, 0.2) is 29.8 Å². The first-order valence-electron chi connectivity index (χ1n) is 13.3. The van der Waals surface area contributed by atoms with Crippen molar-refractivity contribution >= 4 is 34.6 Å². The molecule has 2 aliphatic rings. The molecule has 9 N–H and O–H groups in total. The van der Waals surface area contributed by atoms with Gasteiger partial charge in [-0.05, 0) is 12.8 Å². The van der Waals surface area contributed by atoms with Crippen molar-refractivity contribution in [2.45, 2.75) is 66.7 Å². The molecule has 0 aliphatic carbocycles. The third-order valence-corrected chi connectivity index (χ3v) is 5.78. The highest BCUT2D eigenvalue weighted by Crippen LogP contribution is 2.24. The van der Waals surface area contributed by atoms with Gasteiger partial charge in [0.25, 0.3) is 11.1 Å². The fourth-order valence-corrected chi connectivity index (χ4v) is 3.93. The minimum absolute atomic E-state index is 0.153. The molecule has 6 rings (SSSR count). The molecule has 0 saturated carbocycles. The summed E-state index contributed by atoms with van der Waals surface area (Å²) in [4.78, 5) is 29.6. The number of imidazole rings is 1. The number of aromatic amines is 1. The molecule has 0 spiro atoms. The van der Waals surface area contributed by atoms with E-state index in [0.29, 0.717) is 29.8 Å². The summed E-state index contributed by atoms with van der Waals surface area (Å²) in [6, 6.07) is 3.64. The van der Waals surface area contributed by atoms with Crippen molar-refractivity contribution in [2.24, 2.45) is 17.3 Å². The molecule has 0 radical (unpaired) electrons. The van der Waals surface area contributed by atoms with Crippen LogP contribution >= 0.6 is 0 Å². The summed E-state index contributed by atoms with van der Waals surface area (Å²) >= 11 is 0. The monoisotopic (exact) mass is 556 g/mol. The minimum atomic E-state index is -0.166. The van der Waals surface area contributed by atoms with E-state index in [-0.39, 0.29) is 22.5 Å². The van der Waals surface area contributed by atoms with Crippen LogP contribution in [-0.4, -0.2) is 28.7 Å². The maximum absolute atomic E-state index is 12.1. The number of nitrogens with zero attached hydrogens (tertiary/aromatic N) is 8. The quantitative estimate of drug-likeness (QED) is 0.183. The number of hydrogen-bond donors (Lipinski definition) is 5. The largest absolute Gasteiger partial charge is 0.391 e. The molecular formula is C25H42N13O2+. The Balaban J connectivity index is 0.000000225. The van der Waals surface area contributed by atoms with Crippen molar-refractivity contribution in [1.29, 1.82) is 0 Å². The highest BCUT2D eigenvalue weighted by atomic mass is 16.1. The Morgan fingerprint density at radius 2 is 1.32 bits per heavy atom. The maximum Gasteiger partial charge on any atom is 0.296 e. The first kappa shape index (κ1) is 31.4. The van der Waals surface area contributed by atoms with Gasteiger partial charge in [-0.1, -0.05) is 27.7 Å². The second-order valence-corrected chi connectivity index (χ2v) is 8.24. The molecule has 0 fully saturated rings. The van der Waals surface area contributed by atoms with Gasteiger partial charge in [0.1, 0.15) is 18.6 Å². The number of hydrogen-bond acceptors (Lipinski definition) is 9. The Kier molecular flexibility index (Phi) is 11.7. The molecule has 0 amide bonds. The molecule has 4 aromatic heterocycles. The van der Waals surface area contributed by atoms with Crippen molar-refractivity contribution in [3.8, 4) is 0 Å². The van der Waals surface area contributed by atoms with Gasteiger partial charge in [-0.25, -0.2) is 18.9 Å². The van der Waals surface area contributed by atoms with Crippen molar-refractivity contribution < 1.29 is 4.57 Å². The molecule has 6 heterocycles. The van der Waals surface area contributed by atoms with Gasteiger partial charge in [0.05, 0.1) is 5.69 Å². The fourth-order valence-electron chi connectivity index (χ4n) is 3.93. The summed E-state index contributed by atoms with van der Waals surface area (Å²) in [6.45, 7) is 11.0. The van der Waals surface area contributed by atoms with Gasteiger partial charge >= 0.3 is 0 Å². The maximum atomic E-state index is 12.1. The molecule has 0 unspecified atom stereocenters. The molecular weight excluding hydrogens is 514 g/mol. The van der Waals surface area contributed by atoms with Crippen LogP contribution in [0, 0.1) is 0 Å². The number of nitrogens with two attached hydrogens (primary N) is 4. The standard InChI is InChI=1S/C12H14N6O.C6H10N4O.C3H5N3.2C2H6/c1-16-7-3-9(4-8-16)14-15-10-11(13)17-5-2-6-18(17)12(10)19;7-4-5(8)9-2-1-3-10(9)6(4)11;4-3-5-1-2-6-3;2*1-2/h3-4,7-8,13H,2,5-6H2,1H3;1-3,7-8H2;1-2H,(H3,4,5,6);2*1-2H3/p+1. The SMILES string of the molecule is CC.CC.C[n+]1ccc(N=Nc2c(N)n3n(c2=O)CCC3)cc1.Nc1c(N)n2n(c1=O)CCC2.Nc1ncc[nH]1. The molecule has 2 aliphatic heterocycles. The van der Waals surface area contributed by atoms with Gasteiger partial charge in [0, 0.05) is 50.7 Å². The number of aromatic nitrogens is 7. The van der Waals surface area contributed by atoms with Crippen LogP contribution in [0.3, 0.4) is 0 Å². The molecule has 4 aromatic rings. The zero-order valence-corrected chi connectivity index (χ0v) is 23.9. The summed E-state index contributed by atoms with van der Waals surface area (Å²) in [5.74, 6) is 1.27. The van der Waals surface area contributed by atoms with E-state index in [1.54, 1.807) is 31.1 Å². The summed E-state index contributed by atoms with van der Waals surface area (Å²) in [6.07, 6.45) is 8.92. The Morgan fingerprint density at radius 1 is 0.800 bits per heavy atom. The Hall–Kier alpha value is -4.82. The molecule has 15 heteroatoms. The smallest absolute Gasteiger partial charge is 0.296 e. The molecule has 0 saturated heterocycles. The summed E-state index contributed by atoms with van der Waals surface area (Å²) in [5, 5.41) is 8.06. The molecule has 0 bridgehead atoms. The van der Waals surface area contributed by atoms with Crippen LogP contribution in [0.25, 0.3) is 0 Å². The predicted molar refractivity (Wildman–Crippen MR) is 157 cm³/mol. The predicted octanol–water partition coefficient (Wildman–Crippen LogP) is 2.14. The van der Waals surface area contributed by atoms with E-state index >= 15 is 0 Å². The van der Waals surface area contributed by atoms with Crippen molar-refractivity contribution in [3.05, 3.63) is 57.6 Å². The van der Waals surface area contributed by atoms with E-state index in [1.807, 2.05) is 63.8 Å². The Labute approximate surface area is 232 Å². The van der Waals surface area contributed by atoms with Crippen LogP contribution in [-0.2, 0) is 33.2 Å². The third kappa shape index (κ3) is 7.18. The number of azo groups is 1. The highest BCUT2D eigenvalue weighted by molar-refractivity contribution is 5.58. The van der Waals surface area contributed by atoms with Gasteiger partial charge in [-0.15, -0.1) is 10.2 Å². The second kappa shape index (κ2) is 14.9. The van der Waals surface area contributed by atoms with E-state index in [2.05, 4.69) is 20.2 Å². The van der Waals surface area contributed by atoms with Crippen LogP contribution in [0.2, 0.25) is 0 Å². The number of H-pyrrole nitrogens is 1. The van der Waals surface area contributed by atoms with Crippen molar-refractivity contribution in [1.82, 2.24) is 28.7 Å². The lowest BCUT2D eigenvalue weighted by molar-refractivity contribution is -0.671. The first-order valence-corrected chi connectivity index (χ1v) is 13.3. The average Bonchev–Trinajstić information content (AvgIpc) is 3.81. The highest BCUT2D eigenvalue weighted by Gasteiger charge is 2.21. The summed E-state index contributed by atoms with van der Waals surface area (Å²) < 4.78 is 8.61. The number of pyridine rings is 1. The summed E-state index contributed by atoms with van der Waals surface area (Å²) in [5.41, 5.74) is 22.8. The minimum Gasteiger partial charge on any atom is -0.391 e. The van der Waals surface area contributed by atoms with Crippen LogP contribution < -0.4 is 38.6 Å². The number of nitrogen functional groups attached to an aromatic ring is 4. The Morgan fingerprint density at radius 3 is 1.77 bits per heavy atom. The zero-order valence-electron chi connectivity index (χ0n) is 23.9. The molecule has 40 heavy (non-hydrogen) atoms. The van der Waals surface area contributed by atoms with E-state index in [4.69, 9.17) is 22.9 Å². The van der Waals surface area contributed by atoms with Crippen molar-refractivity contribution in [2.75, 3.05) is 22.9 Å². The molecule has 0 aromatic carbocycles. The van der Waals surface area contributed by atoms with E-state index in [1.165, 1.54) is 0 Å². The number of anilines is 4. The van der Waals surface area contributed by atoms with Gasteiger partial charge in [-0.2, -0.15) is 0 Å². The van der Waals surface area contributed by atoms with Crippen LogP contribution in [0.4, 0.5) is 34.6 Å². The lowest BCUT2D eigenvalue weighted by Crippen LogP contribution is -2.25. The topological polar surface area (TPSA) is 215 Å². The lowest BCUT2D eigenvalue weighted by Gasteiger charge is -1.98. The number of nitrogens with one attached hydrogen (secondary N) is 1. The van der Waals surface area contributed by atoms with Crippen LogP contribution in [0.1, 0.15) is 40.5 Å². The normalized spacial score (nSPS) is 12.5. The molecule has 218 valence electrons. The van der Waals surface area contributed by atoms with Gasteiger partial charge < -0.3 is 27.9 Å². The second-order valence-electron chi connectivity index (χ2n) is 8.24. The van der Waals surface area contributed by atoms with Crippen LogP contribution in [0.15, 0.2) is 56.7 Å². The van der Waals surface area contributed by atoms with E-state index < -0.39 is 0 Å². The Bertz CT molecular complexity index is 1470. The third-order valence-electron chi connectivity index (χ3n) is 5.78. The molecule has 0 atom stereocenters. The van der Waals surface area contributed by atoms with Crippen molar-refractivity contribution in [3.63, 3.8) is 0 Å². The average molecular weight is 557 g/mol. The molecule has 15 nitrogen and oxygen atoms in total.